The van der Waals surface area contributed by atoms with Crippen LogP contribution in [0.3, 0.4) is 0 Å². The molecule has 0 unspecified atom stereocenters. The quantitative estimate of drug-likeness (QED) is 0.867. The molecular weight excluding hydrogens is 284 g/mol. The van der Waals surface area contributed by atoms with Crippen LogP contribution in [-0.2, 0) is 6.54 Å². The van der Waals surface area contributed by atoms with Gasteiger partial charge in [0.25, 0.3) is 0 Å². The highest BCUT2D eigenvalue weighted by Gasteiger charge is 2.59. The summed E-state index contributed by atoms with van der Waals surface area (Å²) in [5.41, 5.74) is 0. The summed E-state index contributed by atoms with van der Waals surface area (Å²) in [6.45, 7) is 2.36. The van der Waals surface area contributed by atoms with Crippen LogP contribution in [0.4, 0.5) is 26.3 Å². The molecular formula is C8H9F6N3S. The van der Waals surface area contributed by atoms with Crippen LogP contribution in [0.1, 0.15) is 22.9 Å². The van der Waals surface area contributed by atoms with Crippen molar-refractivity contribution in [2.75, 3.05) is 6.54 Å². The van der Waals surface area contributed by atoms with Crippen molar-refractivity contribution in [2.45, 2.75) is 31.7 Å². The number of rotatable bonds is 4. The van der Waals surface area contributed by atoms with Crippen LogP contribution in [0, 0.1) is 0 Å². The second-order valence-electron chi connectivity index (χ2n) is 3.33. The summed E-state index contributed by atoms with van der Waals surface area (Å²) in [6.07, 6.45) is -10.8. The maximum Gasteiger partial charge on any atom is 0.406 e. The molecule has 0 saturated carbocycles. The summed E-state index contributed by atoms with van der Waals surface area (Å²) < 4.78 is 74.2. The summed E-state index contributed by atoms with van der Waals surface area (Å²) in [5.74, 6) is -3.57. The monoisotopic (exact) mass is 293 g/mol. The van der Waals surface area contributed by atoms with Gasteiger partial charge in [-0.2, -0.15) is 26.3 Å². The van der Waals surface area contributed by atoms with E-state index in [-0.39, 0.29) is 11.6 Å². The molecule has 1 rings (SSSR count). The molecule has 0 bridgehead atoms. The Balaban J connectivity index is 2.97. The maximum absolute atomic E-state index is 12.4. The third-order valence-electron chi connectivity index (χ3n) is 1.91. The minimum absolute atomic E-state index is 0.0883. The third kappa shape index (κ3) is 3.80. The summed E-state index contributed by atoms with van der Waals surface area (Å²) in [4.78, 5) is 0. The maximum atomic E-state index is 12.4. The minimum atomic E-state index is -5.42. The van der Waals surface area contributed by atoms with Gasteiger partial charge in [0.05, 0.1) is 0 Å². The van der Waals surface area contributed by atoms with E-state index in [0.717, 1.165) is 0 Å². The number of hydrogen-bond acceptors (Lipinski definition) is 4. The second kappa shape index (κ2) is 5.39. The normalized spacial score (nSPS) is 13.3. The van der Waals surface area contributed by atoms with Crippen molar-refractivity contribution >= 4 is 11.3 Å². The molecule has 1 aromatic heterocycles. The first kappa shape index (κ1) is 15.2. The van der Waals surface area contributed by atoms with Gasteiger partial charge >= 0.3 is 12.4 Å². The van der Waals surface area contributed by atoms with Crippen molar-refractivity contribution in [1.82, 2.24) is 15.5 Å². The Morgan fingerprint density at radius 3 is 2.11 bits per heavy atom. The fraction of sp³-hybridized carbons (Fsp3) is 0.750. The van der Waals surface area contributed by atoms with Crippen LogP contribution in [0.25, 0.3) is 0 Å². The molecule has 0 aliphatic carbocycles. The van der Waals surface area contributed by atoms with Crippen molar-refractivity contribution < 1.29 is 26.3 Å². The summed E-state index contributed by atoms with van der Waals surface area (Å²) >= 11 is 0.310. The first-order chi connectivity index (χ1) is 8.16. The molecule has 0 amide bonds. The van der Waals surface area contributed by atoms with Gasteiger partial charge in [0.1, 0.15) is 10.0 Å². The smallest absolute Gasteiger partial charge is 0.311 e. The Bertz CT molecular complexity index is 371. The van der Waals surface area contributed by atoms with Crippen molar-refractivity contribution in [3.8, 4) is 0 Å². The zero-order valence-electron chi connectivity index (χ0n) is 9.06. The van der Waals surface area contributed by atoms with Gasteiger partial charge in [0, 0.05) is 6.54 Å². The average molecular weight is 293 g/mol. The number of nitrogens with one attached hydrogen (secondary N) is 1. The molecule has 1 aromatic rings. The van der Waals surface area contributed by atoms with Gasteiger partial charge in [-0.1, -0.05) is 18.3 Å². The number of alkyl halides is 6. The first-order valence-electron chi connectivity index (χ1n) is 4.82. The number of halogens is 6. The molecule has 1 heterocycles. The highest BCUT2D eigenvalue weighted by atomic mass is 32.1. The van der Waals surface area contributed by atoms with Crippen LogP contribution < -0.4 is 5.32 Å². The zero-order valence-corrected chi connectivity index (χ0v) is 9.88. The Morgan fingerprint density at radius 2 is 1.67 bits per heavy atom. The molecule has 0 spiro atoms. The Labute approximate surface area is 102 Å². The van der Waals surface area contributed by atoms with E-state index < -0.39 is 23.3 Å². The van der Waals surface area contributed by atoms with E-state index in [1.54, 1.807) is 6.92 Å². The molecule has 0 aliphatic rings. The van der Waals surface area contributed by atoms with Gasteiger partial charge in [-0.05, 0) is 6.54 Å². The lowest BCUT2D eigenvalue weighted by Gasteiger charge is -2.20. The van der Waals surface area contributed by atoms with Crippen LogP contribution >= 0.6 is 11.3 Å². The molecule has 0 radical (unpaired) electrons. The fourth-order valence-corrected chi connectivity index (χ4v) is 2.12. The van der Waals surface area contributed by atoms with Crippen molar-refractivity contribution in [3.63, 3.8) is 0 Å². The lowest BCUT2D eigenvalue weighted by molar-refractivity contribution is -0.253. The largest absolute Gasteiger partial charge is 0.406 e. The van der Waals surface area contributed by atoms with Crippen molar-refractivity contribution in [3.05, 3.63) is 10.0 Å². The third-order valence-corrected chi connectivity index (χ3v) is 2.90. The molecule has 10 heteroatoms. The predicted molar refractivity (Wildman–Crippen MR) is 52.1 cm³/mol. The van der Waals surface area contributed by atoms with E-state index >= 15 is 0 Å². The van der Waals surface area contributed by atoms with E-state index in [1.165, 1.54) is 0 Å². The molecule has 104 valence electrons. The van der Waals surface area contributed by atoms with Gasteiger partial charge < -0.3 is 5.32 Å². The van der Waals surface area contributed by atoms with Gasteiger partial charge in [0.2, 0.25) is 5.92 Å². The Kier molecular flexibility index (Phi) is 4.54. The van der Waals surface area contributed by atoms with Crippen LogP contribution in [0.2, 0.25) is 0 Å². The number of aromatic nitrogens is 2. The molecule has 18 heavy (non-hydrogen) atoms. The number of hydrogen-bond donors (Lipinski definition) is 1. The van der Waals surface area contributed by atoms with Crippen LogP contribution in [-0.4, -0.2) is 29.1 Å². The molecule has 0 aliphatic heterocycles. The van der Waals surface area contributed by atoms with Gasteiger partial charge in [0.15, 0.2) is 0 Å². The molecule has 3 nitrogen and oxygen atoms in total. The fourth-order valence-electron chi connectivity index (χ4n) is 1.15. The molecule has 0 atom stereocenters. The lowest BCUT2D eigenvalue weighted by Crippen LogP contribution is -2.34. The summed E-state index contributed by atoms with van der Waals surface area (Å²) in [6, 6.07) is 0. The summed E-state index contributed by atoms with van der Waals surface area (Å²) in [7, 11) is 0. The number of nitrogens with zero attached hydrogens (tertiary/aromatic N) is 2. The highest BCUT2D eigenvalue weighted by molar-refractivity contribution is 7.11. The van der Waals surface area contributed by atoms with Crippen molar-refractivity contribution in [2.24, 2.45) is 0 Å². The molecule has 0 fully saturated rings. The van der Waals surface area contributed by atoms with Crippen LogP contribution in [0.15, 0.2) is 0 Å². The zero-order chi connectivity index (χ0) is 14.0. The molecule has 1 N–H and O–H groups in total. The Hall–Kier alpha value is -0.900. The molecule has 0 saturated heterocycles. The topological polar surface area (TPSA) is 37.8 Å². The van der Waals surface area contributed by atoms with E-state index in [9.17, 15) is 26.3 Å². The standard InChI is InChI=1S/C8H9F6N3S/c1-2-15-3-4-16-17-6(18-4)5(7(9,10)11)8(12,13)14/h5,15H,2-3H2,1H3. The van der Waals surface area contributed by atoms with E-state index in [0.29, 0.717) is 17.9 Å². The van der Waals surface area contributed by atoms with E-state index in [1.807, 2.05) is 0 Å². The SMILES string of the molecule is CCNCc1nnc(C(C(F)(F)F)C(F)(F)F)s1. The highest BCUT2D eigenvalue weighted by Crippen LogP contribution is 2.46. The van der Waals surface area contributed by atoms with Gasteiger partial charge in [-0.3, -0.25) is 0 Å². The van der Waals surface area contributed by atoms with E-state index in [2.05, 4.69) is 15.5 Å². The van der Waals surface area contributed by atoms with Gasteiger partial charge in [-0.15, -0.1) is 10.2 Å². The summed E-state index contributed by atoms with van der Waals surface area (Å²) in [5, 5.41) is 8.05. The Morgan fingerprint density at radius 1 is 1.11 bits per heavy atom. The average Bonchev–Trinajstić information content (AvgIpc) is 2.58. The molecule has 0 aromatic carbocycles. The van der Waals surface area contributed by atoms with Crippen LogP contribution in [0.5, 0.6) is 0 Å². The minimum Gasteiger partial charge on any atom is -0.311 e. The van der Waals surface area contributed by atoms with E-state index in [4.69, 9.17) is 0 Å². The first-order valence-corrected chi connectivity index (χ1v) is 5.64. The van der Waals surface area contributed by atoms with Crippen molar-refractivity contribution in [1.29, 1.82) is 0 Å². The van der Waals surface area contributed by atoms with Gasteiger partial charge in [-0.25, -0.2) is 0 Å². The second-order valence-corrected chi connectivity index (χ2v) is 4.42. The lowest BCUT2D eigenvalue weighted by atomic mass is 10.1. The predicted octanol–water partition coefficient (Wildman–Crippen LogP) is 2.86.